The largest absolute Gasteiger partial charge is 0.479 e. The van der Waals surface area contributed by atoms with E-state index in [9.17, 15) is 4.79 Å². The van der Waals surface area contributed by atoms with Gasteiger partial charge in [0.25, 0.3) is 5.91 Å². The highest BCUT2D eigenvalue weighted by Crippen LogP contribution is 2.30. The second kappa shape index (κ2) is 3.31. The molecule has 1 heterocycles. The summed E-state index contributed by atoms with van der Waals surface area (Å²) in [6.45, 7) is 2.19. The van der Waals surface area contributed by atoms with Gasteiger partial charge in [-0.15, -0.1) is 0 Å². The van der Waals surface area contributed by atoms with Crippen LogP contribution in [0.3, 0.4) is 0 Å². The molecular weight excluding hydrogens is 180 g/mol. The molecule has 4 nitrogen and oxygen atoms in total. The first-order valence-electron chi connectivity index (χ1n) is 4.51. The molecule has 1 amide bonds. The third kappa shape index (κ3) is 1.44. The lowest BCUT2D eigenvalue weighted by atomic mass is 10.1. The van der Waals surface area contributed by atoms with Crippen molar-refractivity contribution >= 4 is 11.6 Å². The van der Waals surface area contributed by atoms with Crippen molar-refractivity contribution in [2.24, 2.45) is 5.73 Å². The molecule has 1 aromatic rings. The maximum Gasteiger partial charge on any atom is 0.265 e. The highest BCUT2D eigenvalue weighted by atomic mass is 16.5. The number of hydrogen-bond acceptors (Lipinski definition) is 3. The van der Waals surface area contributed by atoms with Crippen LogP contribution in [0.5, 0.6) is 5.75 Å². The van der Waals surface area contributed by atoms with E-state index < -0.39 is 6.10 Å². The standard InChI is InChI=1S/C10H12N2O2/c1-6-10(13)12-8-3-2-7(5-11)4-9(8)14-6/h2-4,6H,5,11H2,1H3,(H,12,13). The molecule has 0 aliphatic carbocycles. The lowest BCUT2D eigenvalue weighted by Gasteiger charge is -2.23. The van der Waals surface area contributed by atoms with E-state index >= 15 is 0 Å². The third-order valence-electron chi connectivity index (χ3n) is 2.21. The van der Waals surface area contributed by atoms with Crippen molar-refractivity contribution in [2.75, 3.05) is 5.32 Å². The van der Waals surface area contributed by atoms with Gasteiger partial charge in [0.15, 0.2) is 6.10 Å². The lowest BCUT2D eigenvalue weighted by Crippen LogP contribution is -2.34. The summed E-state index contributed by atoms with van der Waals surface area (Å²) in [5.41, 5.74) is 7.21. The third-order valence-corrected chi connectivity index (χ3v) is 2.21. The summed E-state index contributed by atoms with van der Waals surface area (Å²) in [5.74, 6) is 0.582. The minimum absolute atomic E-state index is 0.113. The Morgan fingerprint density at radius 2 is 2.36 bits per heavy atom. The summed E-state index contributed by atoms with van der Waals surface area (Å²) in [6.07, 6.45) is -0.435. The van der Waals surface area contributed by atoms with E-state index in [1.165, 1.54) is 0 Å². The first-order chi connectivity index (χ1) is 6.70. The number of rotatable bonds is 1. The molecule has 0 spiro atoms. The molecular formula is C10H12N2O2. The summed E-state index contributed by atoms with van der Waals surface area (Å²) < 4.78 is 5.42. The van der Waals surface area contributed by atoms with Gasteiger partial charge in [-0.2, -0.15) is 0 Å². The van der Waals surface area contributed by atoms with Gasteiger partial charge in [0.05, 0.1) is 5.69 Å². The zero-order valence-electron chi connectivity index (χ0n) is 7.91. The second-order valence-corrected chi connectivity index (χ2v) is 3.28. The first kappa shape index (κ1) is 9.02. The van der Waals surface area contributed by atoms with Gasteiger partial charge in [-0.1, -0.05) is 6.07 Å². The Kier molecular flexibility index (Phi) is 2.13. The molecule has 74 valence electrons. The molecule has 0 aromatic heterocycles. The van der Waals surface area contributed by atoms with E-state index in [-0.39, 0.29) is 5.91 Å². The number of carbonyl (C=O) groups is 1. The molecule has 1 aromatic carbocycles. The van der Waals surface area contributed by atoms with Crippen molar-refractivity contribution in [1.29, 1.82) is 0 Å². The van der Waals surface area contributed by atoms with Crippen LogP contribution in [-0.2, 0) is 11.3 Å². The van der Waals surface area contributed by atoms with Gasteiger partial charge in [0, 0.05) is 6.54 Å². The van der Waals surface area contributed by atoms with Crippen LogP contribution in [0.4, 0.5) is 5.69 Å². The molecule has 1 unspecified atom stereocenters. The molecule has 14 heavy (non-hydrogen) atoms. The van der Waals surface area contributed by atoms with Crippen LogP contribution in [0.25, 0.3) is 0 Å². The zero-order valence-corrected chi connectivity index (χ0v) is 7.91. The van der Waals surface area contributed by atoms with Crippen LogP contribution in [0.2, 0.25) is 0 Å². The monoisotopic (exact) mass is 192 g/mol. The number of anilines is 1. The Bertz CT molecular complexity index is 376. The smallest absolute Gasteiger partial charge is 0.265 e. The maximum absolute atomic E-state index is 11.3. The Balaban J connectivity index is 2.37. The molecule has 0 saturated carbocycles. The van der Waals surface area contributed by atoms with Crippen LogP contribution in [0.15, 0.2) is 18.2 Å². The SMILES string of the molecule is CC1Oc2cc(CN)ccc2NC1=O. The molecule has 0 saturated heterocycles. The second-order valence-electron chi connectivity index (χ2n) is 3.28. The number of nitrogens with one attached hydrogen (secondary N) is 1. The summed E-state index contributed by atoms with van der Waals surface area (Å²) in [7, 11) is 0. The molecule has 1 aliphatic rings. The number of fused-ring (bicyclic) bond motifs is 1. The molecule has 4 heteroatoms. The highest BCUT2D eigenvalue weighted by Gasteiger charge is 2.23. The van der Waals surface area contributed by atoms with Gasteiger partial charge >= 0.3 is 0 Å². The number of hydrogen-bond donors (Lipinski definition) is 2. The predicted molar refractivity (Wildman–Crippen MR) is 53.1 cm³/mol. The normalized spacial score (nSPS) is 19.6. The summed E-state index contributed by atoms with van der Waals surface area (Å²) in [5, 5.41) is 2.76. The number of ether oxygens (including phenoxy) is 1. The van der Waals surface area contributed by atoms with Gasteiger partial charge in [-0.05, 0) is 24.6 Å². The van der Waals surface area contributed by atoms with E-state index in [4.69, 9.17) is 10.5 Å². The fourth-order valence-electron chi connectivity index (χ4n) is 1.37. The molecule has 1 aliphatic heterocycles. The molecule has 2 rings (SSSR count). The number of benzene rings is 1. The lowest BCUT2D eigenvalue weighted by molar-refractivity contribution is -0.122. The summed E-state index contributed by atoms with van der Waals surface area (Å²) in [4.78, 5) is 11.3. The van der Waals surface area contributed by atoms with Crippen molar-refractivity contribution < 1.29 is 9.53 Å². The molecule has 1 atom stereocenters. The quantitative estimate of drug-likeness (QED) is 0.693. The van der Waals surface area contributed by atoms with Crippen molar-refractivity contribution in [2.45, 2.75) is 19.6 Å². The fourth-order valence-corrected chi connectivity index (χ4v) is 1.37. The maximum atomic E-state index is 11.3. The topological polar surface area (TPSA) is 64.3 Å². The van der Waals surface area contributed by atoms with Gasteiger partial charge in [-0.3, -0.25) is 4.79 Å². The van der Waals surface area contributed by atoms with Crippen molar-refractivity contribution in [1.82, 2.24) is 0 Å². The van der Waals surface area contributed by atoms with E-state index in [1.54, 1.807) is 13.0 Å². The van der Waals surface area contributed by atoms with Gasteiger partial charge in [-0.25, -0.2) is 0 Å². The Morgan fingerprint density at radius 1 is 1.57 bits per heavy atom. The van der Waals surface area contributed by atoms with Crippen LogP contribution in [0, 0.1) is 0 Å². The minimum atomic E-state index is -0.435. The molecule has 0 radical (unpaired) electrons. The zero-order chi connectivity index (χ0) is 10.1. The minimum Gasteiger partial charge on any atom is -0.479 e. The molecule has 0 bridgehead atoms. The average Bonchev–Trinajstić information content (AvgIpc) is 2.19. The van der Waals surface area contributed by atoms with E-state index in [2.05, 4.69) is 5.32 Å². The van der Waals surface area contributed by atoms with E-state index in [1.807, 2.05) is 12.1 Å². The Morgan fingerprint density at radius 3 is 3.07 bits per heavy atom. The van der Waals surface area contributed by atoms with Crippen molar-refractivity contribution in [3.63, 3.8) is 0 Å². The number of nitrogens with two attached hydrogens (primary N) is 1. The number of amides is 1. The average molecular weight is 192 g/mol. The summed E-state index contributed by atoms with van der Waals surface area (Å²) >= 11 is 0. The van der Waals surface area contributed by atoms with Crippen LogP contribution in [0.1, 0.15) is 12.5 Å². The van der Waals surface area contributed by atoms with E-state index in [0.717, 1.165) is 5.56 Å². The Labute approximate surface area is 82.1 Å². The summed E-state index contributed by atoms with van der Waals surface area (Å²) in [6, 6.07) is 5.53. The first-order valence-corrected chi connectivity index (χ1v) is 4.51. The van der Waals surface area contributed by atoms with Gasteiger partial charge in [0.2, 0.25) is 0 Å². The van der Waals surface area contributed by atoms with Crippen LogP contribution >= 0.6 is 0 Å². The van der Waals surface area contributed by atoms with Gasteiger partial charge < -0.3 is 15.8 Å². The number of carbonyl (C=O) groups excluding carboxylic acids is 1. The Hall–Kier alpha value is -1.55. The van der Waals surface area contributed by atoms with Crippen molar-refractivity contribution in [3.05, 3.63) is 23.8 Å². The molecule has 0 fully saturated rings. The predicted octanol–water partition coefficient (Wildman–Crippen LogP) is 0.865. The fraction of sp³-hybridized carbons (Fsp3) is 0.300. The highest BCUT2D eigenvalue weighted by molar-refractivity contribution is 5.97. The van der Waals surface area contributed by atoms with E-state index in [0.29, 0.717) is 18.0 Å². The van der Waals surface area contributed by atoms with Crippen LogP contribution < -0.4 is 15.8 Å². The van der Waals surface area contributed by atoms with Crippen LogP contribution in [-0.4, -0.2) is 12.0 Å². The van der Waals surface area contributed by atoms with Crippen molar-refractivity contribution in [3.8, 4) is 5.75 Å². The van der Waals surface area contributed by atoms with Gasteiger partial charge in [0.1, 0.15) is 5.75 Å². The molecule has 3 N–H and O–H groups in total.